The zero-order valence-electron chi connectivity index (χ0n) is 13.8. The van der Waals surface area contributed by atoms with Crippen LogP contribution in [0.5, 0.6) is 11.7 Å². The maximum absolute atomic E-state index is 12.1. The smallest absolute Gasteiger partial charge is 0.290 e. The lowest BCUT2D eigenvalue weighted by atomic mass is 10.1. The monoisotopic (exact) mass is 383 g/mol. The number of carbonyl (C=O) groups is 1. The van der Waals surface area contributed by atoms with Gasteiger partial charge in [-0.05, 0) is 43.5 Å². The first-order valence-corrected chi connectivity index (χ1v) is 9.21. The van der Waals surface area contributed by atoms with Crippen molar-refractivity contribution in [1.82, 2.24) is 5.32 Å². The highest BCUT2D eigenvalue weighted by atomic mass is 35.5. The van der Waals surface area contributed by atoms with Crippen LogP contribution in [0.1, 0.15) is 29.8 Å². The number of ether oxygens (including phenoxy) is 1. The number of likely N-dealkylation sites (tertiary alicyclic amines) is 1. The number of furan rings is 1. The molecule has 1 fully saturated rings. The van der Waals surface area contributed by atoms with Crippen molar-refractivity contribution in [2.75, 3.05) is 26.2 Å². The van der Waals surface area contributed by atoms with Gasteiger partial charge in [0, 0.05) is 16.1 Å². The molecule has 2 aromatic rings. The Balaban J connectivity index is 1.50. The molecule has 0 bridgehead atoms. The molecule has 1 amide bonds. The van der Waals surface area contributed by atoms with Gasteiger partial charge in [-0.3, -0.25) is 4.79 Å². The minimum absolute atomic E-state index is 0.213. The summed E-state index contributed by atoms with van der Waals surface area (Å²) in [6.07, 6.45) is 3.87. The lowest BCUT2D eigenvalue weighted by Gasteiger charge is -2.23. The van der Waals surface area contributed by atoms with Crippen LogP contribution in [0.3, 0.4) is 0 Å². The zero-order valence-corrected chi connectivity index (χ0v) is 15.3. The molecule has 3 rings (SSSR count). The van der Waals surface area contributed by atoms with Crippen LogP contribution in [0, 0.1) is 0 Å². The van der Waals surface area contributed by atoms with Gasteiger partial charge in [0.2, 0.25) is 0 Å². The Morgan fingerprint density at radius 2 is 1.84 bits per heavy atom. The molecule has 1 aliphatic heterocycles. The molecule has 1 aromatic heterocycles. The lowest BCUT2D eigenvalue weighted by Crippen LogP contribution is -3.13. The van der Waals surface area contributed by atoms with E-state index in [4.69, 9.17) is 32.4 Å². The SMILES string of the molecule is O=C(NCC[NH+]1CCCCC1)c1ccc(Oc2cc(Cl)cc(Cl)c2)o1. The highest BCUT2D eigenvalue weighted by Crippen LogP contribution is 2.29. The van der Waals surface area contributed by atoms with E-state index < -0.39 is 0 Å². The van der Waals surface area contributed by atoms with Crippen molar-refractivity contribution in [2.24, 2.45) is 0 Å². The third kappa shape index (κ3) is 5.39. The maximum atomic E-state index is 12.1. The first-order valence-electron chi connectivity index (χ1n) is 8.46. The second-order valence-corrected chi connectivity index (χ2v) is 7.02. The van der Waals surface area contributed by atoms with Crippen LogP contribution >= 0.6 is 23.2 Å². The van der Waals surface area contributed by atoms with Crippen LogP contribution in [0.15, 0.2) is 34.7 Å². The van der Waals surface area contributed by atoms with Gasteiger partial charge in [0.05, 0.1) is 26.2 Å². The topological polar surface area (TPSA) is 55.9 Å². The molecule has 1 saturated heterocycles. The number of nitrogens with one attached hydrogen (secondary N) is 2. The van der Waals surface area contributed by atoms with Crippen molar-refractivity contribution in [3.8, 4) is 11.7 Å². The van der Waals surface area contributed by atoms with Crippen molar-refractivity contribution in [1.29, 1.82) is 0 Å². The van der Waals surface area contributed by atoms with Crippen molar-refractivity contribution in [3.63, 3.8) is 0 Å². The van der Waals surface area contributed by atoms with Gasteiger partial charge in [-0.15, -0.1) is 0 Å². The van der Waals surface area contributed by atoms with E-state index in [0.29, 0.717) is 22.3 Å². The summed E-state index contributed by atoms with van der Waals surface area (Å²) in [5.41, 5.74) is 0. The summed E-state index contributed by atoms with van der Waals surface area (Å²) in [4.78, 5) is 13.7. The molecule has 5 nitrogen and oxygen atoms in total. The highest BCUT2D eigenvalue weighted by molar-refractivity contribution is 6.34. The molecule has 25 heavy (non-hydrogen) atoms. The average molecular weight is 384 g/mol. The number of rotatable bonds is 6. The van der Waals surface area contributed by atoms with E-state index in [-0.39, 0.29) is 17.6 Å². The minimum Gasteiger partial charge on any atom is -0.426 e. The van der Waals surface area contributed by atoms with Gasteiger partial charge in [-0.2, -0.15) is 0 Å². The highest BCUT2D eigenvalue weighted by Gasteiger charge is 2.15. The number of halogens is 2. The molecule has 0 spiro atoms. The molecule has 1 aliphatic rings. The Hall–Kier alpha value is -1.69. The quantitative estimate of drug-likeness (QED) is 0.805. The second kappa shape index (κ2) is 8.61. The minimum atomic E-state index is -0.240. The predicted molar refractivity (Wildman–Crippen MR) is 97.0 cm³/mol. The van der Waals surface area contributed by atoms with Crippen LogP contribution in [0.2, 0.25) is 10.0 Å². The van der Waals surface area contributed by atoms with Crippen LogP contribution in [0.4, 0.5) is 0 Å². The summed E-state index contributed by atoms with van der Waals surface area (Å²) in [5.74, 6) is 0.643. The van der Waals surface area contributed by atoms with Gasteiger partial charge in [-0.1, -0.05) is 23.2 Å². The normalized spacial score (nSPS) is 15.1. The molecule has 0 unspecified atom stereocenters. The molecule has 1 aromatic carbocycles. The Kier molecular flexibility index (Phi) is 6.24. The predicted octanol–water partition coefficient (Wildman–Crippen LogP) is 3.18. The van der Waals surface area contributed by atoms with Crippen molar-refractivity contribution in [2.45, 2.75) is 19.3 Å². The third-order valence-corrected chi connectivity index (χ3v) is 4.62. The Morgan fingerprint density at radius 3 is 2.56 bits per heavy atom. The number of hydrogen-bond acceptors (Lipinski definition) is 3. The summed E-state index contributed by atoms with van der Waals surface area (Å²) in [6.45, 7) is 3.96. The number of hydrogen-bond donors (Lipinski definition) is 2. The van der Waals surface area contributed by atoms with E-state index in [1.54, 1.807) is 35.2 Å². The molecule has 0 atom stereocenters. The second-order valence-electron chi connectivity index (χ2n) is 6.14. The maximum Gasteiger partial charge on any atom is 0.290 e. The van der Waals surface area contributed by atoms with E-state index in [1.165, 1.54) is 32.4 Å². The number of carbonyl (C=O) groups excluding carboxylic acids is 1. The molecule has 2 heterocycles. The van der Waals surface area contributed by atoms with Gasteiger partial charge < -0.3 is 19.4 Å². The van der Waals surface area contributed by atoms with Crippen molar-refractivity contribution < 1.29 is 18.8 Å². The standard InChI is InChI=1S/C18H20Cl2N2O3/c19-13-10-14(20)12-15(11-13)24-17-5-4-16(25-17)18(23)21-6-9-22-7-2-1-3-8-22/h4-5,10-12H,1-3,6-9H2,(H,21,23)/p+1. The van der Waals surface area contributed by atoms with Crippen LogP contribution < -0.4 is 15.0 Å². The average Bonchev–Trinajstić information content (AvgIpc) is 3.03. The number of piperidine rings is 1. The third-order valence-electron chi connectivity index (χ3n) is 4.18. The van der Waals surface area contributed by atoms with Crippen LogP contribution in [-0.4, -0.2) is 32.1 Å². The lowest BCUT2D eigenvalue weighted by molar-refractivity contribution is -0.903. The first-order chi connectivity index (χ1) is 12.1. The van der Waals surface area contributed by atoms with Crippen molar-refractivity contribution >= 4 is 29.1 Å². The fourth-order valence-electron chi connectivity index (χ4n) is 2.94. The van der Waals surface area contributed by atoms with Gasteiger partial charge in [0.1, 0.15) is 5.75 Å². The molecule has 0 saturated carbocycles. The van der Waals surface area contributed by atoms with E-state index in [1.807, 2.05) is 0 Å². The fourth-order valence-corrected chi connectivity index (χ4v) is 3.45. The summed E-state index contributed by atoms with van der Waals surface area (Å²) < 4.78 is 11.0. The summed E-state index contributed by atoms with van der Waals surface area (Å²) in [5, 5.41) is 3.82. The number of benzene rings is 1. The number of quaternary nitrogens is 1. The van der Waals surface area contributed by atoms with Crippen molar-refractivity contribution in [3.05, 3.63) is 46.1 Å². The molecule has 7 heteroatoms. The molecular weight excluding hydrogens is 363 g/mol. The van der Waals surface area contributed by atoms with Gasteiger partial charge >= 0.3 is 0 Å². The van der Waals surface area contributed by atoms with Crippen LogP contribution in [-0.2, 0) is 0 Å². The summed E-state index contributed by atoms with van der Waals surface area (Å²) in [7, 11) is 0. The van der Waals surface area contributed by atoms with E-state index >= 15 is 0 Å². The summed E-state index contributed by atoms with van der Waals surface area (Å²) in [6, 6.07) is 8.04. The molecule has 0 radical (unpaired) electrons. The Bertz CT molecular complexity index is 707. The number of amides is 1. The molecule has 2 N–H and O–H groups in total. The van der Waals surface area contributed by atoms with E-state index in [0.717, 1.165) is 6.54 Å². The molecular formula is C18H21Cl2N2O3+. The molecule has 134 valence electrons. The Morgan fingerprint density at radius 1 is 1.12 bits per heavy atom. The zero-order chi connectivity index (χ0) is 17.6. The van der Waals surface area contributed by atoms with Crippen LogP contribution in [0.25, 0.3) is 0 Å². The van der Waals surface area contributed by atoms with Gasteiger partial charge in [-0.25, -0.2) is 0 Å². The Labute approximate surface area is 156 Å². The van der Waals surface area contributed by atoms with Gasteiger partial charge in [0.25, 0.3) is 11.9 Å². The fraction of sp³-hybridized carbons (Fsp3) is 0.389. The molecule has 0 aliphatic carbocycles. The van der Waals surface area contributed by atoms with E-state index in [2.05, 4.69) is 5.32 Å². The first kappa shape index (κ1) is 18.1. The summed E-state index contributed by atoms with van der Waals surface area (Å²) >= 11 is 11.9. The van der Waals surface area contributed by atoms with Gasteiger partial charge in [0.15, 0.2) is 5.76 Å². The largest absolute Gasteiger partial charge is 0.426 e. The van der Waals surface area contributed by atoms with E-state index in [9.17, 15) is 4.79 Å².